The van der Waals surface area contributed by atoms with Gasteiger partial charge in [-0.05, 0) is 48.5 Å². The van der Waals surface area contributed by atoms with Crippen LogP contribution in [0.3, 0.4) is 0 Å². The first kappa shape index (κ1) is 22.9. The van der Waals surface area contributed by atoms with E-state index in [4.69, 9.17) is 9.88 Å². The van der Waals surface area contributed by atoms with Gasteiger partial charge in [-0.25, -0.2) is 18.5 Å². The van der Waals surface area contributed by atoms with Crippen molar-refractivity contribution >= 4 is 50.5 Å². The number of thiazole rings is 1. The molecule has 0 bridgehead atoms. The zero-order valence-corrected chi connectivity index (χ0v) is 18.9. The Morgan fingerprint density at radius 1 is 1.13 bits per heavy atom. The van der Waals surface area contributed by atoms with E-state index in [0.717, 1.165) is 0 Å². The first-order valence-electron chi connectivity index (χ1n) is 8.92. The van der Waals surface area contributed by atoms with E-state index in [-0.39, 0.29) is 28.8 Å². The van der Waals surface area contributed by atoms with Gasteiger partial charge in [-0.1, -0.05) is 11.8 Å². The number of Topliss-reactive ketones (excluding diaryl/α,β-unsaturated/α-hetero) is 1. The lowest BCUT2D eigenvalue weighted by Gasteiger charge is -2.05. The molecule has 0 aliphatic rings. The van der Waals surface area contributed by atoms with Gasteiger partial charge in [0, 0.05) is 16.6 Å². The second-order valence-corrected chi connectivity index (χ2v) is 9.98. The van der Waals surface area contributed by atoms with Crippen molar-refractivity contribution in [2.24, 2.45) is 5.14 Å². The number of nitrogens with one attached hydrogen (secondary N) is 1. The molecular formula is C20H19N3O5S3. The summed E-state index contributed by atoms with van der Waals surface area (Å²) in [6.07, 6.45) is 0.0560. The smallest absolute Gasteiger partial charge is 0.238 e. The van der Waals surface area contributed by atoms with Crippen molar-refractivity contribution in [3.63, 3.8) is 0 Å². The lowest BCUT2D eigenvalue weighted by molar-refractivity contribution is -0.115. The van der Waals surface area contributed by atoms with Crippen LogP contribution >= 0.6 is 23.1 Å². The van der Waals surface area contributed by atoms with Gasteiger partial charge in [-0.2, -0.15) is 0 Å². The Kier molecular flexibility index (Phi) is 7.44. The molecule has 162 valence electrons. The maximum Gasteiger partial charge on any atom is 0.238 e. The summed E-state index contributed by atoms with van der Waals surface area (Å²) in [5, 5.41) is 9.50. The SMILES string of the molecule is COc1ccc(C(=O)CSc2nc(CC(=O)Nc3ccc(S(N)(=O)=O)cc3)cs2)cc1. The second kappa shape index (κ2) is 10.1. The molecule has 8 nitrogen and oxygen atoms in total. The first-order chi connectivity index (χ1) is 14.7. The van der Waals surface area contributed by atoms with Crippen molar-refractivity contribution in [1.82, 2.24) is 4.98 Å². The molecule has 11 heteroatoms. The van der Waals surface area contributed by atoms with Crippen LogP contribution in [0, 0.1) is 0 Å². The average molecular weight is 478 g/mol. The fourth-order valence-electron chi connectivity index (χ4n) is 2.52. The van der Waals surface area contributed by atoms with E-state index in [0.29, 0.717) is 27.0 Å². The highest BCUT2D eigenvalue weighted by atomic mass is 32.2. The number of aromatic nitrogens is 1. The van der Waals surface area contributed by atoms with Crippen LogP contribution in [0.15, 0.2) is 63.1 Å². The van der Waals surface area contributed by atoms with Crippen LogP contribution in [0.5, 0.6) is 5.75 Å². The quantitative estimate of drug-likeness (QED) is 0.358. The second-order valence-electron chi connectivity index (χ2n) is 6.34. The molecule has 0 aliphatic heterocycles. The number of primary sulfonamides is 1. The van der Waals surface area contributed by atoms with E-state index in [9.17, 15) is 18.0 Å². The average Bonchev–Trinajstić information content (AvgIpc) is 3.19. The Labute approximate surface area is 187 Å². The van der Waals surface area contributed by atoms with Crippen molar-refractivity contribution in [2.45, 2.75) is 15.7 Å². The molecule has 0 aliphatic carbocycles. The number of nitrogens with zero attached hydrogens (tertiary/aromatic N) is 1. The number of carbonyl (C=O) groups is 2. The predicted octanol–water partition coefficient (Wildman–Crippen LogP) is 2.96. The standard InChI is InChI=1S/C20H19N3O5S3/c1-28-16-6-2-13(3-7-16)18(24)12-30-20-23-15(11-29-20)10-19(25)22-14-4-8-17(9-5-14)31(21,26)27/h2-9,11H,10,12H2,1H3,(H,22,25)(H2,21,26,27). The first-order valence-corrected chi connectivity index (χ1v) is 12.3. The molecule has 0 spiro atoms. The number of anilines is 1. The third-order valence-electron chi connectivity index (χ3n) is 4.08. The van der Waals surface area contributed by atoms with Crippen LogP contribution in [0.4, 0.5) is 5.69 Å². The largest absolute Gasteiger partial charge is 0.497 e. The molecule has 0 saturated heterocycles. The summed E-state index contributed by atoms with van der Waals surface area (Å²) in [6.45, 7) is 0. The molecule has 1 aromatic heterocycles. The number of hydrogen-bond acceptors (Lipinski definition) is 8. The summed E-state index contributed by atoms with van der Waals surface area (Å²) in [7, 11) is -2.21. The lowest BCUT2D eigenvalue weighted by Crippen LogP contribution is -2.15. The number of hydrogen-bond donors (Lipinski definition) is 2. The van der Waals surface area contributed by atoms with Crippen LogP contribution in [-0.2, 0) is 21.2 Å². The summed E-state index contributed by atoms with van der Waals surface area (Å²) < 4.78 is 28.3. The summed E-state index contributed by atoms with van der Waals surface area (Å²) in [4.78, 5) is 28.9. The van der Waals surface area contributed by atoms with E-state index in [1.54, 1.807) is 36.8 Å². The van der Waals surface area contributed by atoms with E-state index >= 15 is 0 Å². The maximum absolute atomic E-state index is 12.3. The number of carbonyl (C=O) groups excluding carboxylic acids is 2. The number of nitrogens with two attached hydrogens (primary N) is 1. The molecule has 0 unspecified atom stereocenters. The van der Waals surface area contributed by atoms with Crippen LogP contribution in [0.2, 0.25) is 0 Å². The van der Waals surface area contributed by atoms with Gasteiger partial charge in [0.25, 0.3) is 0 Å². The zero-order chi connectivity index (χ0) is 22.4. The summed E-state index contributed by atoms with van der Waals surface area (Å²) >= 11 is 2.68. The molecule has 1 amide bonds. The van der Waals surface area contributed by atoms with Gasteiger partial charge < -0.3 is 10.1 Å². The van der Waals surface area contributed by atoms with Crippen molar-refractivity contribution in [1.29, 1.82) is 0 Å². The van der Waals surface area contributed by atoms with Crippen molar-refractivity contribution in [2.75, 3.05) is 18.2 Å². The highest BCUT2D eigenvalue weighted by molar-refractivity contribution is 8.01. The maximum atomic E-state index is 12.3. The van der Waals surface area contributed by atoms with Crippen molar-refractivity contribution in [3.8, 4) is 5.75 Å². The number of thioether (sulfide) groups is 1. The van der Waals surface area contributed by atoms with Crippen LogP contribution in [0.1, 0.15) is 16.1 Å². The number of methoxy groups -OCH3 is 1. The van der Waals surface area contributed by atoms with Crippen LogP contribution in [-0.4, -0.2) is 38.0 Å². The Balaban J connectivity index is 1.51. The van der Waals surface area contributed by atoms with Crippen LogP contribution in [0.25, 0.3) is 0 Å². The highest BCUT2D eigenvalue weighted by Gasteiger charge is 2.12. The highest BCUT2D eigenvalue weighted by Crippen LogP contribution is 2.24. The third kappa shape index (κ3) is 6.62. The fraction of sp³-hybridized carbons (Fsp3) is 0.150. The molecule has 1 heterocycles. The molecule has 0 radical (unpaired) electrons. The normalized spacial score (nSPS) is 11.2. The van der Waals surface area contributed by atoms with Gasteiger partial charge >= 0.3 is 0 Å². The molecule has 31 heavy (non-hydrogen) atoms. The van der Waals surface area contributed by atoms with Crippen molar-refractivity contribution < 1.29 is 22.7 Å². The third-order valence-corrected chi connectivity index (χ3v) is 7.08. The van der Waals surface area contributed by atoms with E-state index in [1.807, 2.05) is 0 Å². The van der Waals surface area contributed by atoms with E-state index in [2.05, 4.69) is 10.3 Å². The van der Waals surface area contributed by atoms with Crippen molar-refractivity contribution in [3.05, 3.63) is 65.2 Å². The Bertz CT molecular complexity index is 1170. The topological polar surface area (TPSA) is 128 Å². The number of ether oxygens (including phenoxy) is 1. The Morgan fingerprint density at radius 3 is 2.42 bits per heavy atom. The number of benzene rings is 2. The van der Waals surface area contributed by atoms with Crippen LogP contribution < -0.4 is 15.2 Å². The monoisotopic (exact) mass is 477 g/mol. The molecule has 3 N–H and O–H groups in total. The number of sulfonamides is 1. The molecule has 2 aromatic carbocycles. The van der Waals surface area contributed by atoms with Gasteiger partial charge in [0.2, 0.25) is 15.9 Å². The van der Waals surface area contributed by atoms with E-state index in [1.165, 1.54) is 47.4 Å². The molecular weight excluding hydrogens is 458 g/mol. The molecule has 0 atom stereocenters. The predicted molar refractivity (Wildman–Crippen MR) is 120 cm³/mol. The minimum Gasteiger partial charge on any atom is -0.497 e. The fourth-order valence-corrected chi connectivity index (χ4v) is 4.78. The Morgan fingerprint density at radius 2 is 1.81 bits per heavy atom. The molecule has 3 aromatic rings. The van der Waals surface area contributed by atoms with E-state index < -0.39 is 10.0 Å². The van der Waals surface area contributed by atoms with Gasteiger partial charge in [0.05, 0.1) is 29.9 Å². The summed E-state index contributed by atoms with van der Waals surface area (Å²) in [5.74, 6) is 0.610. The summed E-state index contributed by atoms with van der Waals surface area (Å²) in [5.41, 5.74) is 1.63. The number of rotatable bonds is 9. The number of amides is 1. The number of ketones is 1. The molecule has 0 saturated carbocycles. The minimum absolute atomic E-state index is 0.0231. The molecule has 3 rings (SSSR count). The van der Waals surface area contributed by atoms with Gasteiger partial charge in [-0.3, -0.25) is 9.59 Å². The van der Waals surface area contributed by atoms with Gasteiger partial charge in [0.1, 0.15) is 5.75 Å². The van der Waals surface area contributed by atoms with Gasteiger partial charge in [0.15, 0.2) is 10.1 Å². The zero-order valence-electron chi connectivity index (χ0n) is 16.4. The lowest BCUT2D eigenvalue weighted by atomic mass is 10.1. The molecule has 0 fully saturated rings. The Hall–Kier alpha value is -2.73. The minimum atomic E-state index is -3.78. The van der Waals surface area contributed by atoms with Gasteiger partial charge in [-0.15, -0.1) is 11.3 Å². The summed E-state index contributed by atoms with van der Waals surface area (Å²) in [6, 6.07) is 12.5.